The van der Waals surface area contributed by atoms with E-state index in [1.54, 1.807) is 7.11 Å². The third-order valence-corrected chi connectivity index (χ3v) is 4.50. The van der Waals surface area contributed by atoms with Gasteiger partial charge in [0.15, 0.2) is 0 Å². The minimum atomic E-state index is 0.459. The van der Waals surface area contributed by atoms with Crippen molar-refractivity contribution in [2.24, 2.45) is 0 Å². The van der Waals surface area contributed by atoms with Gasteiger partial charge in [0.05, 0.1) is 13.3 Å². The Morgan fingerprint density at radius 3 is 2.69 bits per heavy atom. The van der Waals surface area contributed by atoms with Gasteiger partial charge in [-0.15, -0.1) is 0 Å². The van der Waals surface area contributed by atoms with E-state index in [9.17, 15) is 0 Å². The maximum absolute atomic E-state index is 5.45. The number of methoxy groups -OCH3 is 1. The van der Waals surface area contributed by atoms with Gasteiger partial charge in [-0.1, -0.05) is 12.8 Å². The zero-order chi connectivity index (χ0) is 11.2. The van der Waals surface area contributed by atoms with Gasteiger partial charge in [-0.2, -0.15) is 0 Å². The molecule has 0 radical (unpaired) electrons. The van der Waals surface area contributed by atoms with E-state index >= 15 is 0 Å². The van der Waals surface area contributed by atoms with E-state index in [2.05, 4.69) is 11.9 Å². The van der Waals surface area contributed by atoms with Crippen molar-refractivity contribution in [1.29, 1.82) is 0 Å². The van der Waals surface area contributed by atoms with Crippen molar-refractivity contribution >= 4 is 0 Å². The van der Waals surface area contributed by atoms with Crippen LogP contribution < -0.4 is 4.74 Å². The van der Waals surface area contributed by atoms with Crippen molar-refractivity contribution in [3.63, 3.8) is 0 Å². The van der Waals surface area contributed by atoms with Crippen LogP contribution in [0.15, 0.2) is 6.20 Å². The molecule has 1 heterocycles. The summed E-state index contributed by atoms with van der Waals surface area (Å²) in [6.45, 7) is 2.16. The van der Waals surface area contributed by atoms with Crippen molar-refractivity contribution in [1.82, 2.24) is 4.98 Å². The first-order valence-electron chi connectivity index (χ1n) is 6.30. The number of ether oxygens (including phenoxy) is 1. The summed E-state index contributed by atoms with van der Waals surface area (Å²) in [5.41, 5.74) is 4.66. The summed E-state index contributed by atoms with van der Waals surface area (Å²) in [6, 6.07) is 0. The molecule has 1 saturated carbocycles. The third-order valence-electron chi connectivity index (χ3n) is 4.50. The Hall–Kier alpha value is -1.05. The van der Waals surface area contributed by atoms with Crippen molar-refractivity contribution in [2.45, 2.75) is 50.9 Å². The van der Waals surface area contributed by atoms with E-state index < -0.39 is 0 Å². The summed E-state index contributed by atoms with van der Waals surface area (Å²) in [5, 5.41) is 0. The van der Waals surface area contributed by atoms with Gasteiger partial charge >= 0.3 is 0 Å². The number of nitrogens with zero attached hydrogens (tertiary/aromatic N) is 1. The van der Waals surface area contributed by atoms with Crippen LogP contribution >= 0.6 is 0 Å². The molecule has 0 aromatic carbocycles. The molecule has 0 amide bonds. The van der Waals surface area contributed by atoms with Crippen LogP contribution in [0.5, 0.6) is 5.75 Å². The maximum Gasteiger partial charge on any atom is 0.140 e. The summed E-state index contributed by atoms with van der Waals surface area (Å²) >= 11 is 0. The first-order chi connectivity index (χ1) is 7.77. The number of rotatable bonds is 1. The van der Waals surface area contributed by atoms with E-state index in [1.807, 2.05) is 6.20 Å². The predicted octanol–water partition coefficient (Wildman–Crippen LogP) is 3.16. The largest absolute Gasteiger partial charge is 0.495 e. The zero-order valence-electron chi connectivity index (χ0n) is 10.2. The van der Waals surface area contributed by atoms with Crippen LogP contribution in [0.2, 0.25) is 0 Å². The van der Waals surface area contributed by atoms with Crippen molar-refractivity contribution in [3.05, 3.63) is 23.0 Å². The van der Waals surface area contributed by atoms with Crippen LogP contribution in [0.3, 0.4) is 0 Å². The van der Waals surface area contributed by atoms with Crippen LogP contribution in [-0.2, 0) is 11.8 Å². The lowest BCUT2D eigenvalue weighted by atomic mass is 9.79. The highest BCUT2D eigenvalue weighted by Gasteiger charge is 2.43. The molecule has 1 aromatic rings. The minimum Gasteiger partial charge on any atom is -0.495 e. The molecule has 1 spiro atoms. The number of hydrogen-bond acceptors (Lipinski definition) is 2. The Morgan fingerprint density at radius 1 is 1.25 bits per heavy atom. The molecule has 16 heavy (non-hydrogen) atoms. The molecule has 0 unspecified atom stereocenters. The Kier molecular flexibility index (Phi) is 2.20. The van der Waals surface area contributed by atoms with Gasteiger partial charge < -0.3 is 4.74 Å². The Morgan fingerprint density at radius 2 is 2.00 bits per heavy atom. The van der Waals surface area contributed by atoms with Crippen molar-refractivity contribution < 1.29 is 4.74 Å². The minimum absolute atomic E-state index is 0.459. The molecular weight excluding hydrogens is 198 g/mol. The normalized spacial score (nSPS) is 21.4. The average molecular weight is 217 g/mol. The Labute approximate surface area is 97.0 Å². The number of aryl methyl sites for hydroxylation is 1. The summed E-state index contributed by atoms with van der Waals surface area (Å²) in [4.78, 5) is 4.52. The quantitative estimate of drug-likeness (QED) is 0.721. The van der Waals surface area contributed by atoms with Gasteiger partial charge in [0.25, 0.3) is 0 Å². The molecule has 86 valence electrons. The Bertz CT molecular complexity index is 419. The highest BCUT2D eigenvalue weighted by molar-refractivity contribution is 5.49. The standard InChI is InChI=1S/C14H19NO/c1-10-13-11(12(16-2)9-15-10)5-8-14(13)6-3-4-7-14/h9H,3-8H2,1-2H3. The van der Waals surface area contributed by atoms with Crippen LogP contribution in [0.25, 0.3) is 0 Å². The molecule has 1 fully saturated rings. The monoisotopic (exact) mass is 217 g/mol. The lowest BCUT2D eigenvalue weighted by molar-refractivity contribution is 0.408. The van der Waals surface area contributed by atoms with E-state index in [0.717, 1.165) is 5.75 Å². The smallest absolute Gasteiger partial charge is 0.140 e. The van der Waals surface area contributed by atoms with E-state index in [4.69, 9.17) is 4.74 Å². The Balaban J connectivity index is 2.17. The fourth-order valence-electron chi connectivity index (χ4n) is 3.81. The first-order valence-corrected chi connectivity index (χ1v) is 6.30. The van der Waals surface area contributed by atoms with Crippen LogP contribution in [-0.4, -0.2) is 12.1 Å². The van der Waals surface area contributed by atoms with Gasteiger partial charge in [-0.3, -0.25) is 4.98 Å². The lowest BCUT2D eigenvalue weighted by Crippen LogP contribution is -2.19. The number of aromatic nitrogens is 1. The molecule has 0 atom stereocenters. The first kappa shape index (κ1) is 10.1. The molecule has 2 aliphatic rings. The second-order valence-electron chi connectivity index (χ2n) is 5.25. The van der Waals surface area contributed by atoms with Crippen LogP contribution in [0, 0.1) is 6.92 Å². The van der Waals surface area contributed by atoms with E-state index in [-0.39, 0.29) is 0 Å². The highest BCUT2D eigenvalue weighted by Crippen LogP contribution is 2.52. The lowest BCUT2D eigenvalue weighted by Gasteiger charge is -2.25. The molecule has 3 rings (SSSR count). The molecule has 1 aromatic heterocycles. The zero-order valence-corrected chi connectivity index (χ0v) is 10.2. The topological polar surface area (TPSA) is 22.1 Å². The second kappa shape index (κ2) is 3.47. The molecule has 2 aliphatic carbocycles. The van der Waals surface area contributed by atoms with Gasteiger partial charge in [-0.25, -0.2) is 0 Å². The van der Waals surface area contributed by atoms with Gasteiger partial charge in [0.2, 0.25) is 0 Å². The van der Waals surface area contributed by atoms with E-state index in [0.29, 0.717) is 5.41 Å². The van der Waals surface area contributed by atoms with Gasteiger partial charge in [0, 0.05) is 11.3 Å². The maximum atomic E-state index is 5.45. The molecule has 0 aliphatic heterocycles. The number of fused-ring (bicyclic) bond motifs is 2. The van der Waals surface area contributed by atoms with Crippen LogP contribution in [0.1, 0.15) is 48.9 Å². The third kappa shape index (κ3) is 1.22. The number of hydrogen-bond donors (Lipinski definition) is 0. The fourth-order valence-corrected chi connectivity index (χ4v) is 3.81. The average Bonchev–Trinajstić information content (AvgIpc) is 2.90. The number of pyridine rings is 1. The summed E-state index contributed by atoms with van der Waals surface area (Å²) in [5.74, 6) is 1.00. The molecule has 0 bridgehead atoms. The van der Waals surface area contributed by atoms with Gasteiger partial charge in [0.1, 0.15) is 5.75 Å². The highest BCUT2D eigenvalue weighted by atomic mass is 16.5. The van der Waals surface area contributed by atoms with E-state index in [1.165, 1.54) is 55.3 Å². The molecular formula is C14H19NO. The summed E-state index contributed by atoms with van der Waals surface area (Å²) in [7, 11) is 1.76. The van der Waals surface area contributed by atoms with Crippen LogP contribution in [0.4, 0.5) is 0 Å². The van der Waals surface area contributed by atoms with Gasteiger partial charge in [-0.05, 0) is 43.6 Å². The molecule has 0 saturated heterocycles. The molecule has 2 nitrogen and oxygen atoms in total. The molecule has 2 heteroatoms. The predicted molar refractivity (Wildman–Crippen MR) is 64.0 cm³/mol. The summed E-state index contributed by atoms with van der Waals surface area (Å²) in [6.07, 6.45) is 9.87. The van der Waals surface area contributed by atoms with Crippen molar-refractivity contribution in [2.75, 3.05) is 7.11 Å². The van der Waals surface area contributed by atoms with Crippen molar-refractivity contribution in [3.8, 4) is 5.75 Å². The second-order valence-corrected chi connectivity index (χ2v) is 5.25. The fraction of sp³-hybridized carbons (Fsp3) is 0.643. The summed E-state index contributed by atoms with van der Waals surface area (Å²) < 4.78 is 5.45. The SMILES string of the molecule is COc1cnc(C)c2c1CCC21CCCC1. The molecule has 0 N–H and O–H groups in total.